The first-order valence-corrected chi connectivity index (χ1v) is 12.1. The monoisotopic (exact) mass is 470 g/mol. The first-order chi connectivity index (χ1) is 16.7. The number of hydrogen-bond acceptors (Lipinski definition) is 4. The van der Waals surface area contributed by atoms with Crippen LogP contribution in [0.1, 0.15) is 17.5 Å². The van der Waals surface area contributed by atoms with E-state index in [0.29, 0.717) is 11.6 Å². The Bertz CT molecular complexity index is 1280. The van der Waals surface area contributed by atoms with Crippen LogP contribution < -0.4 is 15.5 Å². The fraction of sp³-hybridized carbons (Fsp3) is 0.214. The molecule has 5 nitrogen and oxygen atoms in total. The molecule has 0 radical (unpaired) electrons. The van der Waals surface area contributed by atoms with Crippen LogP contribution in [-0.2, 0) is 17.6 Å². The Morgan fingerprint density at radius 2 is 1.62 bits per heavy atom. The zero-order valence-electron chi connectivity index (χ0n) is 18.9. The fourth-order valence-corrected chi connectivity index (χ4v) is 4.70. The number of carbonyl (C=O) groups is 1. The summed E-state index contributed by atoms with van der Waals surface area (Å²) in [5.41, 5.74) is 6.31. The molecule has 3 aromatic carbocycles. The third-order valence-electron chi connectivity index (χ3n) is 6.20. The van der Waals surface area contributed by atoms with Gasteiger partial charge in [-0.2, -0.15) is 0 Å². The lowest BCUT2D eigenvalue weighted by molar-refractivity contribution is -0.117. The largest absolute Gasteiger partial charge is 0.384 e. The minimum Gasteiger partial charge on any atom is -0.384 e. The van der Waals surface area contributed by atoms with E-state index in [9.17, 15) is 4.79 Å². The number of carbonyl (C=O) groups excluding carboxylic acids is 1. The highest BCUT2D eigenvalue weighted by molar-refractivity contribution is 6.31. The van der Waals surface area contributed by atoms with Gasteiger partial charge < -0.3 is 10.6 Å². The second-order valence-electron chi connectivity index (χ2n) is 8.46. The lowest BCUT2D eigenvalue weighted by atomic mass is 10.0. The molecule has 2 heterocycles. The van der Waals surface area contributed by atoms with Crippen LogP contribution in [0.5, 0.6) is 0 Å². The third-order valence-corrected chi connectivity index (χ3v) is 6.44. The number of pyridine rings is 1. The third kappa shape index (κ3) is 4.76. The zero-order valence-corrected chi connectivity index (χ0v) is 19.7. The summed E-state index contributed by atoms with van der Waals surface area (Å²) in [6.07, 6.45) is 4.55. The predicted molar refractivity (Wildman–Crippen MR) is 140 cm³/mol. The number of fused-ring (bicyclic) bond motifs is 3. The maximum absolute atomic E-state index is 13.3. The Kier molecular flexibility index (Phi) is 6.74. The maximum atomic E-state index is 13.3. The summed E-state index contributed by atoms with van der Waals surface area (Å²) >= 11 is 6.08. The van der Waals surface area contributed by atoms with E-state index in [2.05, 4.69) is 27.8 Å². The number of rotatable bonds is 7. The molecule has 0 saturated carbocycles. The van der Waals surface area contributed by atoms with Crippen molar-refractivity contribution in [3.63, 3.8) is 0 Å². The standard InChI is InChI=1S/C28H27ClN4O/c29-22-12-13-23-24(14-17-32-25(23)18-22)31-16-5-15-30-19-28(34)33-26-8-3-1-6-20(26)10-11-21-7-2-4-9-27(21)33/h1-4,6-9,12-14,17-18,30H,5,10-11,15-16,19H2,(H,31,32). The number of nitrogens with one attached hydrogen (secondary N) is 2. The quantitative estimate of drug-likeness (QED) is 0.338. The van der Waals surface area contributed by atoms with Crippen molar-refractivity contribution in [1.29, 1.82) is 0 Å². The van der Waals surface area contributed by atoms with Crippen molar-refractivity contribution < 1.29 is 4.79 Å². The molecule has 1 aromatic heterocycles. The molecule has 0 saturated heterocycles. The number of aromatic nitrogens is 1. The normalized spacial score (nSPS) is 12.7. The number of amides is 1. The molecule has 0 aliphatic carbocycles. The molecule has 1 amide bonds. The van der Waals surface area contributed by atoms with E-state index in [4.69, 9.17) is 11.6 Å². The second-order valence-corrected chi connectivity index (χ2v) is 8.90. The van der Waals surface area contributed by atoms with Crippen LogP contribution in [0.25, 0.3) is 10.9 Å². The average molecular weight is 471 g/mol. The Morgan fingerprint density at radius 3 is 2.35 bits per heavy atom. The molecule has 0 unspecified atom stereocenters. The van der Waals surface area contributed by atoms with E-state index in [1.807, 2.05) is 65.6 Å². The van der Waals surface area contributed by atoms with Gasteiger partial charge in [0.05, 0.1) is 23.4 Å². The molecular formula is C28H27ClN4O. The number of benzene rings is 3. The Morgan fingerprint density at radius 1 is 0.912 bits per heavy atom. The molecule has 172 valence electrons. The fourth-order valence-electron chi connectivity index (χ4n) is 4.53. The van der Waals surface area contributed by atoms with Crippen molar-refractivity contribution >= 4 is 45.5 Å². The van der Waals surface area contributed by atoms with Gasteiger partial charge in [0, 0.05) is 28.8 Å². The summed E-state index contributed by atoms with van der Waals surface area (Å²) in [5.74, 6) is 0.0618. The highest BCUT2D eigenvalue weighted by Gasteiger charge is 2.24. The van der Waals surface area contributed by atoms with Crippen LogP contribution in [0.4, 0.5) is 17.1 Å². The molecule has 0 fully saturated rings. The number of hydrogen-bond donors (Lipinski definition) is 2. The molecule has 4 aromatic rings. The van der Waals surface area contributed by atoms with Gasteiger partial charge in [0.25, 0.3) is 0 Å². The highest BCUT2D eigenvalue weighted by Crippen LogP contribution is 2.35. The van der Waals surface area contributed by atoms with Gasteiger partial charge in [-0.1, -0.05) is 48.0 Å². The Labute approximate surface area is 204 Å². The lowest BCUT2D eigenvalue weighted by Gasteiger charge is -2.25. The zero-order chi connectivity index (χ0) is 23.3. The van der Waals surface area contributed by atoms with Crippen molar-refractivity contribution in [2.75, 3.05) is 29.9 Å². The van der Waals surface area contributed by atoms with Crippen LogP contribution >= 0.6 is 11.6 Å². The van der Waals surface area contributed by atoms with Crippen molar-refractivity contribution in [2.45, 2.75) is 19.3 Å². The molecule has 0 bridgehead atoms. The van der Waals surface area contributed by atoms with Crippen LogP contribution in [0, 0.1) is 0 Å². The number of halogens is 1. The van der Waals surface area contributed by atoms with Crippen LogP contribution in [0.3, 0.4) is 0 Å². The summed E-state index contributed by atoms with van der Waals surface area (Å²) in [6, 6.07) is 24.1. The van der Waals surface area contributed by atoms with Gasteiger partial charge in [0.15, 0.2) is 0 Å². The smallest absolute Gasteiger partial charge is 0.245 e. The number of anilines is 3. The molecular weight excluding hydrogens is 444 g/mol. The van der Waals surface area contributed by atoms with E-state index < -0.39 is 0 Å². The molecule has 0 spiro atoms. The van der Waals surface area contributed by atoms with E-state index in [-0.39, 0.29) is 5.91 Å². The van der Waals surface area contributed by atoms with Crippen molar-refractivity contribution in [3.05, 3.63) is 95.1 Å². The predicted octanol–water partition coefficient (Wildman–Crippen LogP) is 5.74. The average Bonchev–Trinajstić information content (AvgIpc) is 3.03. The van der Waals surface area contributed by atoms with Gasteiger partial charge in [-0.3, -0.25) is 14.7 Å². The van der Waals surface area contributed by atoms with Gasteiger partial charge in [0.2, 0.25) is 5.91 Å². The molecule has 2 N–H and O–H groups in total. The molecule has 6 heteroatoms. The van der Waals surface area contributed by atoms with Gasteiger partial charge in [-0.25, -0.2) is 0 Å². The van der Waals surface area contributed by atoms with Gasteiger partial charge >= 0.3 is 0 Å². The van der Waals surface area contributed by atoms with Crippen molar-refractivity contribution in [1.82, 2.24) is 10.3 Å². The summed E-state index contributed by atoms with van der Waals surface area (Å²) < 4.78 is 0. The Balaban J connectivity index is 1.18. The van der Waals surface area contributed by atoms with Gasteiger partial charge in [0.1, 0.15) is 0 Å². The molecule has 0 atom stereocenters. The van der Waals surface area contributed by atoms with E-state index in [1.165, 1.54) is 11.1 Å². The van der Waals surface area contributed by atoms with Crippen molar-refractivity contribution in [3.8, 4) is 0 Å². The highest BCUT2D eigenvalue weighted by atomic mass is 35.5. The SMILES string of the molecule is O=C(CNCCCNc1ccnc2cc(Cl)ccc12)N1c2ccccc2CCc2ccccc21. The van der Waals surface area contributed by atoms with Crippen LogP contribution in [0.2, 0.25) is 5.02 Å². The minimum atomic E-state index is 0.0618. The summed E-state index contributed by atoms with van der Waals surface area (Å²) in [4.78, 5) is 19.6. The lowest BCUT2D eigenvalue weighted by Crippen LogP contribution is -2.36. The van der Waals surface area contributed by atoms with E-state index >= 15 is 0 Å². The molecule has 1 aliphatic heterocycles. The maximum Gasteiger partial charge on any atom is 0.245 e. The van der Waals surface area contributed by atoms with Crippen molar-refractivity contribution in [2.24, 2.45) is 0 Å². The van der Waals surface area contributed by atoms with E-state index in [0.717, 1.165) is 60.3 Å². The second kappa shape index (κ2) is 10.2. The van der Waals surface area contributed by atoms with Crippen LogP contribution in [0.15, 0.2) is 79.0 Å². The molecule has 34 heavy (non-hydrogen) atoms. The minimum absolute atomic E-state index is 0.0618. The Hall–Kier alpha value is -3.41. The van der Waals surface area contributed by atoms with Crippen LogP contribution in [-0.4, -0.2) is 30.5 Å². The summed E-state index contributed by atoms with van der Waals surface area (Å²) in [7, 11) is 0. The summed E-state index contributed by atoms with van der Waals surface area (Å²) in [6.45, 7) is 1.82. The number of para-hydroxylation sites is 2. The number of nitrogens with zero attached hydrogens (tertiary/aromatic N) is 2. The first-order valence-electron chi connectivity index (χ1n) is 11.7. The molecule has 1 aliphatic rings. The molecule has 5 rings (SSSR count). The number of aryl methyl sites for hydroxylation is 2. The topological polar surface area (TPSA) is 57.3 Å². The summed E-state index contributed by atoms with van der Waals surface area (Å²) in [5, 5.41) is 8.54. The first kappa shape index (κ1) is 22.4. The van der Waals surface area contributed by atoms with E-state index in [1.54, 1.807) is 6.20 Å². The van der Waals surface area contributed by atoms with Gasteiger partial charge in [-0.15, -0.1) is 0 Å². The van der Waals surface area contributed by atoms with Gasteiger partial charge in [-0.05, 0) is 73.3 Å².